The van der Waals surface area contributed by atoms with Crippen LogP contribution >= 0.6 is 11.6 Å². The monoisotopic (exact) mass is 377 g/mol. The Bertz CT molecular complexity index is 856. The van der Waals surface area contributed by atoms with Crippen LogP contribution in [0.25, 0.3) is 0 Å². The summed E-state index contributed by atoms with van der Waals surface area (Å²) in [7, 11) is 0. The maximum absolute atomic E-state index is 12.5. The van der Waals surface area contributed by atoms with Gasteiger partial charge in [0.1, 0.15) is 5.69 Å². The van der Waals surface area contributed by atoms with Crippen LogP contribution in [-0.4, -0.2) is 35.4 Å². The van der Waals surface area contributed by atoms with Gasteiger partial charge in [-0.2, -0.15) is 0 Å². The molecular weight excluding hydrogens is 358 g/mol. The zero-order valence-electron chi connectivity index (χ0n) is 15.0. The molecule has 1 N–H and O–H groups in total. The zero-order valence-corrected chi connectivity index (χ0v) is 15.8. The van der Waals surface area contributed by atoms with Gasteiger partial charge in [-0.05, 0) is 45.4 Å². The Hall–Kier alpha value is -2.60. The maximum Gasteiger partial charge on any atom is 0.355 e. The quantitative estimate of drug-likeness (QED) is 0.609. The van der Waals surface area contributed by atoms with Crippen LogP contribution in [0.1, 0.15) is 56.3 Å². The number of benzene rings is 1. The predicted octanol–water partition coefficient (Wildman–Crippen LogP) is 3.89. The molecule has 1 unspecified atom stereocenters. The van der Waals surface area contributed by atoms with Crippen molar-refractivity contribution in [3.63, 3.8) is 0 Å². The normalized spacial score (nSPS) is 11.7. The van der Waals surface area contributed by atoms with Crippen molar-refractivity contribution in [1.29, 1.82) is 0 Å². The standard InChI is InChI=1S/C19H20ClNO5/c1-5-25-19(24)16-10(2)15(11(3)21-16)18(23)26-12(4)17(22)13-7-6-8-14(20)9-13/h6-9,12,21H,5H2,1-4H3. The van der Waals surface area contributed by atoms with Crippen molar-refractivity contribution in [1.82, 2.24) is 4.98 Å². The van der Waals surface area contributed by atoms with E-state index in [-0.39, 0.29) is 23.6 Å². The summed E-state index contributed by atoms with van der Waals surface area (Å²) in [4.78, 5) is 39.7. The van der Waals surface area contributed by atoms with E-state index in [1.807, 2.05) is 0 Å². The van der Waals surface area contributed by atoms with Gasteiger partial charge in [-0.15, -0.1) is 0 Å². The molecule has 2 aromatic rings. The van der Waals surface area contributed by atoms with E-state index in [2.05, 4.69) is 4.98 Å². The third-order valence-corrected chi connectivity index (χ3v) is 4.12. The number of aryl methyl sites for hydroxylation is 1. The van der Waals surface area contributed by atoms with E-state index in [4.69, 9.17) is 21.1 Å². The lowest BCUT2D eigenvalue weighted by atomic mass is 10.1. The number of ketones is 1. The highest BCUT2D eigenvalue weighted by atomic mass is 35.5. The summed E-state index contributed by atoms with van der Waals surface area (Å²) in [6.45, 7) is 6.68. The van der Waals surface area contributed by atoms with Crippen molar-refractivity contribution >= 4 is 29.3 Å². The summed E-state index contributed by atoms with van der Waals surface area (Å²) < 4.78 is 10.3. The minimum absolute atomic E-state index is 0.199. The van der Waals surface area contributed by atoms with E-state index in [1.165, 1.54) is 13.0 Å². The number of carbonyl (C=O) groups is 3. The fourth-order valence-corrected chi connectivity index (χ4v) is 2.80. The zero-order chi connectivity index (χ0) is 19.4. The molecule has 138 valence electrons. The van der Waals surface area contributed by atoms with Crippen molar-refractivity contribution < 1.29 is 23.9 Å². The molecule has 2 rings (SSSR count). The van der Waals surface area contributed by atoms with Gasteiger partial charge < -0.3 is 14.5 Å². The summed E-state index contributed by atoms with van der Waals surface area (Å²) in [5.41, 5.74) is 1.67. The molecule has 26 heavy (non-hydrogen) atoms. The molecule has 0 spiro atoms. The number of esters is 2. The fraction of sp³-hybridized carbons (Fsp3) is 0.316. The molecule has 7 heteroatoms. The van der Waals surface area contributed by atoms with E-state index in [9.17, 15) is 14.4 Å². The maximum atomic E-state index is 12.5. The largest absolute Gasteiger partial charge is 0.461 e. The molecule has 0 radical (unpaired) electrons. The van der Waals surface area contributed by atoms with E-state index >= 15 is 0 Å². The minimum atomic E-state index is -0.999. The number of halogens is 1. The number of carbonyl (C=O) groups excluding carboxylic acids is 3. The van der Waals surface area contributed by atoms with Crippen molar-refractivity contribution in [3.8, 4) is 0 Å². The van der Waals surface area contributed by atoms with Crippen molar-refractivity contribution in [2.24, 2.45) is 0 Å². The molecule has 1 atom stereocenters. The number of Topliss-reactive ketones (excluding diaryl/α,β-unsaturated/α-hetero) is 1. The minimum Gasteiger partial charge on any atom is -0.461 e. The molecular formula is C19H20ClNO5. The third kappa shape index (κ3) is 4.14. The third-order valence-electron chi connectivity index (χ3n) is 3.88. The Balaban J connectivity index is 2.19. The van der Waals surface area contributed by atoms with Gasteiger partial charge in [-0.3, -0.25) is 4.79 Å². The smallest absolute Gasteiger partial charge is 0.355 e. The van der Waals surface area contributed by atoms with E-state index < -0.39 is 18.0 Å². The molecule has 0 fully saturated rings. The summed E-state index contributed by atoms with van der Waals surface area (Å²) in [5.74, 6) is -1.60. The first-order chi connectivity index (χ1) is 12.3. The van der Waals surface area contributed by atoms with Crippen LogP contribution in [-0.2, 0) is 9.47 Å². The number of ether oxygens (including phenoxy) is 2. The summed E-state index contributed by atoms with van der Waals surface area (Å²) in [5, 5.41) is 0.422. The van der Waals surface area contributed by atoms with Crippen LogP contribution in [0.5, 0.6) is 0 Å². The molecule has 0 aliphatic carbocycles. The van der Waals surface area contributed by atoms with Crippen molar-refractivity contribution in [3.05, 3.63) is 57.4 Å². The second kappa shape index (κ2) is 8.19. The molecule has 6 nitrogen and oxygen atoms in total. The van der Waals surface area contributed by atoms with Gasteiger partial charge in [-0.1, -0.05) is 23.7 Å². The highest BCUT2D eigenvalue weighted by Gasteiger charge is 2.27. The summed E-state index contributed by atoms with van der Waals surface area (Å²) >= 11 is 5.89. The number of H-pyrrole nitrogens is 1. The van der Waals surface area contributed by atoms with Crippen LogP contribution in [0.2, 0.25) is 5.02 Å². The van der Waals surface area contributed by atoms with Gasteiger partial charge in [0.2, 0.25) is 5.78 Å². The first kappa shape index (κ1) is 19.7. The first-order valence-electron chi connectivity index (χ1n) is 8.13. The Morgan fingerprint density at radius 2 is 1.88 bits per heavy atom. The van der Waals surface area contributed by atoms with Crippen molar-refractivity contribution in [2.75, 3.05) is 6.61 Å². The number of aromatic nitrogens is 1. The molecule has 0 saturated heterocycles. The van der Waals surface area contributed by atoms with Gasteiger partial charge >= 0.3 is 11.9 Å². The van der Waals surface area contributed by atoms with Crippen LogP contribution in [0, 0.1) is 13.8 Å². The molecule has 0 amide bonds. The Morgan fingerprint density at radius 3 is 2.50 bits per heavy atom. The molecule has 0 aliphatic rings. The average molecular weight is 378 g/mol. The van der Waals surface area contributed by atoms with Gasteiger partial charge in [0, 0.05) is 16.3 Å². The lowest BCUT2D eigenvalue weighted by Crippen LogP contribution is -2.25. The number of hydrogen-bond donors (Lipinski definition) is 1. The van der Waals surface area contributed by atoms with Crippen LogP contribution in [0.4, 0.5) is 0 Å². The summed E-state index contributed by atoms with van der Waals surface area (Å²) in [6.07, 6.45) is -0.999. The van der Waals surface area contributed by atoms with Crippen molar-refractivity contribution in [2.45, 2.75) is 33.8 Å². The Morgan fingerprint density at radius 1 is 1.19 bits per heavy atom. The van der Waals surface area contributed by atoms with E-state index in [0.717, 1.165) is 0 Å². The van der Waals surface area contributed by atoms with Crippen LogP contribution < -0.4 is 0 Å². The first-order valence-corrected chi connectivity index (χ1v) is 8.51. The lowest BCUT2D eigenvalue weighted by molar-refractivity contribution is 0.0317. The average Bonchev–Trinajstić information content (AvgIpc) is 2.89. The van der Waals surface area contributed by atoms with Gasteiger partial charge in [-0.25, -0.2) is 9.59 Å². The Kier molecular flexibility index (Phi) is 6.21. The number of hydrogen-bond acceptors (Lipinski definition) is 5. The summed E-state index contributed by atoms with van der Waals surface area (Å²) in [6, 6.07) is 6.42. The molecule has 1 heterocycles. The molecule has 1 aromatic heterocycles. The number of nitrogens with one attached hydrogen (secondary N) is 1. The lowest BCUT2D eigenvalue weighted by Gasteiger charge is -2.13. The highest BCUT2D eigenvalue weighted by molar-refractivity contribution is 6.31. The second-order valence-electron chi connectivity index (χ2n) is 5.77. The second-order valence-corrected chi connectivity index (χ2v) is 6.20. The number of rotatable bonds is 6. The van der Waals surface area contributed by atoms with Gasteiger partial charge in [0.25, 0.3) is 0 Å². The van der Waals surface area contributed by atoms with Crippen LogP contribution in [0.3, 0.4) is 0 Å². The fourth-order valence-electron chi connectivity index (χ4n) is 2.61. The molecule has 1 aromatic carbocycles. The van der Waals surface area contributed by atoms with Gasteiger partial charge in [0.05, 0.1) is 12.2 Å². The highest BCUT2D eigenvalue weighted by Crippen LogP contribution is 2.21. The number of aromatic amines is 1. The van der Waals surface area contributed by atoms with Gasteiger partial charge in [0.15, 0.2) is 6.10 Å². The predicted molar refractivity (Wildman–Crippen MR) is 96.9 cm³/mol. The van der Waals surface area contributed by atoms with Crippen LogP contribution in [0.15, 0.2) is 24.3 Å². The Labute approximate surface area is 156 Å². The molecule has 0 bridgehead atoms. The topological polar surface area (TPSA) is 85.5 Å². The molecule has 0 saturated carbocycles. The molecule has 0 aliphatic heterocycles. The SMILES string of the molecule is CCOC(=O)c1[nH]c(C)c(C(=O)OC(C)C(=O)c2cccc(Cl)c2)c1C. The van der Waals surface area contributed by atoms with E-state index in [1.54, 1.807) is 39.0 Å². The van der Waals surface area contributed by atoms with E-state index in [0.29, 0.717) is 21.8 Å².